The molecule has 0 unspecified atom stereocenters. The molecule has 0 heterocycles. The number of allylic oxidation sites excluding steroid dienone is 4. The third-order valence-electron chi connectivity index (χ3n) is 2.49. The Morgan fingerprint density at radius 2 is 2.50 bits per heavy atom. The van der Waals surface area contributed by atoms with E-state index in [2.05, 4.69) is 18.2 Å². The molecule has 0 nitrogen and oxygen atoms in total. The summed E-state index contributed by atoms with van der Waals surface area (Å²) in [5.41, 5.74) is 1.57. The molecule has 0 aromatic rings. The molecule has 0 aromatic heterocycles. The summed E-state index contributed by atoms with van der Waals surface area (Å²) in [7, 11) is 0. The van der Waals surface area contributed by atoms with Crippen LogP contribution in [0.5, 0.6) is 0 Å². The number of rotatable bonds is 1. The van der Waals surface area contributed by atoms with Crippen LogP contribution < -0.4 is 0 Å². The Morgan fingerprint density at radius 1 is 1.60 bits per heavy atom. The van der Waals surface area contributed by atoms with Gasteiger partial charge in [0, 0.05) is 5.88 Å². The molecule has 2 bridgehead atoms. The van der Waals surface area contributed by atoms with Gasteiger partial charge in [-0.2, -0.15) is 0 Å². The van der Waals surface area contributed by atoms with Crippen LogP contribution in [-0.2, 0) is 0 Å². The number of halogens is 1. The van der Waals surface area contributed by atoms with E-state index in [1.165, 1.54) is 12.8 Å². The number of alkyl halides is 1. The van der Waals surface area contributed by atoms with Gasteiger partial charge in [0.05, 0.1) is 0 Å². The maximum absolute atomic E-state index is 5.62. The fourth-order valence-electron chi connectivity index (χ4n) is 1.99. The first kappa shape index (κ1) is 6.48. The van der Waals surface area contributed by atoms with E-state index in [0.29, 0.717) is 5.88 Å². The first-order valence-electron chi connectivity index (χ1n) is 3.83. The second-order valence-electron chi connectivity index (χ2n) is 3.12. The highest BCUT2D eigenvalue weighted by atomic mass is 35.5. The molecule has 1 fully saturated rings. The van der Waals surface area contributed by atoms with Crippen LogP contribution in [0.1, 0.15) is 12.8 Å². The molecule has 0 amide bonds. The summed E-state index contributed by atoms with van der Waals surface area (Å²) in [4.78, 5) is 0. The van der Waals surface area contributed by atoms with Crippen LogP contribution in [0.3, 0.4) is 0 Å². The van der Waals surface area contributed by atoms with Gasteiger partial charge >= 0.3 is 0 Å². The van der Waals surface area contributed by atoms with Crippen molar-refractivity contribution in [2.75, 3.05) is 5.88 Å². The van der Waals surface area contributed by atoms with Crippen LogP contribution in [0.25, 0.3) is 0 Å². The molecule has 0 N–H and O–H groups in total. The summed E-state index contributed by atoms with van der Waals surface area (Å²) in [6.45, 7) is 0. The Morgan fingerprint density at radius 3 is 3.00 bits per heavy atom. The van der Waals surface area contributed by atoms with Crippen LogP contribution in [0.2, 0.25) is 0 Å². The Balaban J connectivity index is 2.16. The Hall–Kier alpha value is -0.230. The highest BCUT2D eigenvalue weighted by molar-refractivity contribution is 6.18. The summed E-state index contributed by atoms with van der Waals surface area (Å²) < 4.78 is 0. The van der Waals surface area contributed by atoms with Gasteiger partial charge in [0.2, 0.25) is 0 Å². The normalized spacial score (nSPS) is 39.9. The topological polar surface area (TPSA) is 0 Å². The minimum atomic E-state index is 0.687. The lowest BCUT2D eigenvalue weighted by atomic mass is 10.0. The van der Waals surface area contributed by atoms with Gasteiger partial charge < -0.3 is 0 Å². The molecule has 2 atom stereocenters. The van der Waals surface area contributed by atoms with Crippen LogP contribution >= 0.6 is 11.6 Å². The third kappa shape index (κ3) is 0.911. The molecule has 54 valence electrons. The second-order valence-corrected chi connectivity index (χ2v) is 3.43. The largest absolute Gasteiger partial charge is 0.122 e. The maximum Gasteiger partial charge on any atom is 0.0406 e. The van der Waals surface area contributed by atoms with Gasteiger partial charge in [-0.25, -0.2) is 0 Å². The minimum absolute atomic E-state index is 0.687. The highest BCUT2D eigenvalue weighted by Crippen LogP contribution is 2.42. The first-order valence-corrected chi connectivity index (χ1v) is 4.37. The zero-order valence-electron chi connectivity index (χ0n) is 5.89. The molecular weight excluding hydrogens is 144 g/mol. The van der Waals surface area contributed by atoms with Crippen LogP contribution in [0.4, 0.5) is 0 Å². The van der Waals surface area contributed by atoms with Crippen molar-refractivity contribution in [3.05, 3.63) is 23.8 Å². The van der Waals surface area contributed by atoms with Crippen molar-refractivity contribution >= 4 is 11.6 Å². The van der Waals surface area contributed by atoms with Crippen LogP contribution in [-0.4, -0.2) is 5.88 Å². The monoisotopic (exact) mass is 154 g/mol. The quantitative estimate of drug-likeness (QED) is 0.403. The van der Waals surface area contributed by atoms with E-state index < -0.39 is 0 Å². The Kier molecular flexibility index (Phi) is 1.57. The average Bonchev–Trinajstić information content (AvgIpc) is 2.48. The van der Waals surface area contributed by atoms with Crippen molar-refractivity contribution in [1.82, 2.24) is 0 Å². The van der Waals surface area contributed by atoms with Gasteiger partial charge in [-0.1, -0.05) is 23.8 Å². The van der Waals surface area contributed by atoms with Crippen molar-refractivity contribution in [3.8, 4) is 0 Å². The fraction of sp³-hybridized carbons (Fsp3) is 0.556. The van der Waals surface area contributed by atoms with Crippen molar-refractivity contribution in [2.24, 2.45) is 11.8 Å². The molecule has 10 heavy (non-hydrogen) atoms. The summed E-state index contributed by atoms with van der Waals surface area (Å²) in [6, 6.07) is 0. The minimum Gasteiger partial charge on any atom is -0.122 e. The summed E-state index contributed by atoms with van der Waals surface area (Å²) in [6.07, 6.45) is 9.47. The summed E-state index contributed by atoms with van der Waals surface area (Å²) >= 11 is 5.62. The second kappa shape index (κ2) is 2.43. The molecule has 0 aromatic carbocycles. The average molecular weight is 155 g/mol. The number of hydrogen-bond donors (Lipinski definition) is 0. The molecule has 0 aliphatic heterocycles. The predicted molar refractivity (Wildman–Crippen MR) is 44.2 cm³/mol. The standard InChI is InChI=1S/C9H11Cl/c10-4-3-9-6-7-1-2-8(9)5-7/h1-3,7-8H,4-6H2/b9-3-/t7-,8+/m0/s1. The molecular formula is C9H11Cl. The SMILES string of the molecule is ClC/C=C1/C[C@H]2C=C[C@@H]1C2. The van der Waals surface area contributed by atoms with E-state index in [0.717, 1.165) is 11.8 Å². The molecule has 0 radical (unpaired) electrons. The van der Waals surface area contributed by atoms with Gasteiger partial charge in [-0.15, -0.1) is 11.6 Å². The van der Waals surface area contributed by atoms with Gasteiger partial charge in [-0.05, 0) is 24.7 Å². The maximum atomic E-state index is 5.62. The van der Waals surface area contributed by atoms with E-state index in [4.69, 9.17) is 11.6 Å². The first-order chi connectivity index (χ1) is 4.90. The van der Waals surface area contributed by atoms with Crippen LogP contribution in [0.15, 0.2) is 23.8 Å². The zero-order chi connectivity index (χ0) is 6.97. The Labute approximate surface area is 66.6 Å². The fourth-order valence-corrected chi connectivity index (χ4v) is 2.19. The van der Waals surface area contributed by atoms with Crippen LogP contribution in [0, 0.1) is 11.8 Å². The van der Waals surface area contributed by atoms with E-state index in [-0.39, 0.29) is 0 Å². The van der Waals surface area contributed by atoms with Gasteiger partial charge in [0.15, 0.2) is 0 Å². The lowest BCUT2D eigenvalue weighted by molar-refractivity contribution is 0.693. The molecule has 0 saturated heterocycles. The van der Waals surface area contributed by atoms with Gasteiger partial charge in [0.25, 0.3) is 0 Å². The lowest BCUT2D eigenvalue weighted by Crippen LogP contribution is -1.91. The molecule has 0 spiro atoms. The highest BCUT2D eigenvalue weighted by Gasteiger charge is 2.29. The van der Waals surface area contributed by atoms with Crippen molar-refractivity contribution in [1.29, 1.82) is 0 Å². The molecule has 1 heteroatoms. The van der Waals surface area contributed by atoms with Crippen molar-refractivity contribution in [3.63, 3.8) is 0 Å². The molecule has 2 aliphatic carbocycles. The summed E-state index contributed by atoms with van der Waals surface area (Å²) in [5, 5.41) is 0. The van der Waals surface area contributed by atoms with Crippen molar-refractivity contribution in [2.45, 2.75) is 12.8 Å². The molecule has 1 saturated carbocycles. The molecule has 2 aliphatic rings. The number of fused-ring (bicyclic) bond motifs is 2. The molecule has 2 rings (SSSR count). The van der Waals surface area contributed by atoms with Gasteiger partial charge in [0.1, 0.15) is 0 Å². The summed E-state index contributed by atoms with van der Waals surface area (Å²) in [5.74, 6) is 2.29. The van der Waals surface area contributed by atoms with E-state index >= 15 is 0 Å². The van der Waals surface area contributed by atoms with E-state index in [9.17, 15) is 0 Å². The lowest BCUT2D eigenvalue weighted by Gasteiger charge is -2.05. The van der Waals surface area contributed by atoms with E-state index in [1.807, 2.05) is 0 Å². The number of hydrogen-bond acceptors (Lipinski definition) is 0. The van der Waals surface area contributed by atoms with E-state index in [1.54, 1.807) is 5.57 Å². The predicted octanol–water partition coefficient (Wildman–Crippen LogP) is 2.75. The Bertz CT molecular complexity index is 191. The van der Waals surface area contributed by atoms with Crippen molar-refractivity contribution < 1.29 is 0 Å². The zero-order valence-corrected chi connectivity index (χ0v) is 6.64. The smallest absolute Gasteiger partial charge is 0.0406 e. The van der Waals surface area contributed by atoms with Gasteiger partial charge in [-0.3, -0.25) is 0 Å². The third-order valence-corrected chi connectivity index (χ3v) is 2.64.